The van der Waals surface area contributed by atoms with Crippen LogP contribution in [0.5, 0.6) is 0 Å². The number of rotatable bonds is 5. The molecule has 0 radical (unpaired) electrons. The highest BCUT2D eigenvalue weighted by molar-refractivity contribution is 8.02. The summed E-state index contributed by atoms with van der Waals surface area (Å²) < 4.78 is 2.10. The molecule has 0 aliphatic carbocycles. The summed E-state index contributed by atoms with van der Waals surface area (Å²) in [6.07, 6.45) is -0.331. The molecule has 1 aromatic heterocycles. The van der Waals surface area contributed by atoms with E-state index in [1.807, 2.05) is 30.0 Å². The van der Waals surface area contributed by atoms with Crippen LogP contribution >= 0.6 is 23.1 Å². The molecule has 1 aliphatic rings. The molecule has 3 atom stereocenters. The molecule has 1 N–H and O–H groups in total. The van der Waals surface area contributed by atoms with E-state index in [1.54, 1.807) is 30.0 Å². The molecule has 1 aliphatic heterocycles. The number of aliphatic hydroxyl groups is 1. The molecule has 7 heteroatoms. The molecule has 1 amide bonds. The molecule has 3 rings (SSSR count). The van der Waals surface area contributed by atoms with E-state index in [4.69, 9.17) is 0 Å². The van der Waals surface area contributed by atoms with Crippen LogP contribution in [0.15, 0.2) is 28.6 Å². The summed E-state index contributed by atoms with van der Waals surface area (Å²) in [4.78, 5) is 21.7. The number of thiazole rings is 1. The van der Waals surface area contributed by atoms with E-state index in [9.17, 15) is 9.90 Å². The summed E-state index contributed by atoms with van der Waals surface area (Å²) >= 11 is 3.19. The van der Waals surface area contributed by atoms with Gasteiger partial charge < -0.3 is 10.0 Å². The van der Waals surface area contributed by atoms with Gasteiger partial charge in [0.25, 0.3) is 0 Å². The van der Waals surface area contributed by atoms with E-state index < -0.39 is 0 Å². The Bertz CT molecular complexity index is 701. The minimum Gasteiger partial charge on any atom is -0.392 e. The minimum absolute atomic E-state index is 0.147. The summed E-state index contributed by atoms with van der Waals surface area (Å²) in [5, 5.41) is 9.40. The van der Waals surface area contributed by atoms with Crippen LogP contribution in [0.2, 0.25) is 0 Å². The van der Waals surface area contributed by atoms with Gasteiger partial charge in [0.2, 0.25) is 5.91 Å². The number of amides is 1. The number of benzene rings is 1. The standard InChI is InChI=1S/C18H25N3O2S2/c1-12-10-20(11-13(2)22)8-9-21(12)17(23)14(3)24-18-19-15-6-4-5-7-16(15)25-18/h4-7,12-14,22H,8-11H2,1-3H3/t12-,13-,14+/m0/s1. The molecule has 136 valence electrons. The zero-order chi connectivity index (χ0) is 18.0. The number of carbonyl (C=O) groups is 1. The van der Waals surface area contributed by atoms with Gasteiger partial charge in [0.05, 0.1) is 21.6 Å². The molecule has 1 saturated heterocycles. The second-order valence-electron chi connectivity index (χ2n) is 6.70. The SMILES string of the molecule is C[C@H](O)CN1CCN(C(=O)[C@@H](C)Sc2nc3ccccc3s2)[C@@H](C)C1. The molecule has 5 nitrogen and oxygen atoms in total. The number of aromatic nitrogens is 1. The van der Waals surface area contributed by atoms with Crippen molar-refractivity contribution < 1.29 is 9.90 Å². The number of carbonyl (C=O) groups excluding carboxylic acids is 1. The van der Waals surface area contributed by atoms with Gasteiger partial charge in [-0.15, -0.1) is 11.3 Å². The zero-order valence-corrected chi connectivity index (χ0v) is 16.5. The average Bonchev–Trinajstić information content (AvgIpc) is 2.96. The highest BCUT2D eigenvalue weighted by Crippen LogP contribution is 2.32. The smallest absolute Gasteiger partial charge is 0.236 e. The number of para-hydroxylation sites is 1. The van der Waals surface area contributed by atoms with E-state index in [0.29, 0.717) is 6.54 Å². The average molecular weight is 380 g/mol. The highest BCUT2D eigenvalue weighted by Gasteiger charge is 2.31. The summed E-state index contributed by atoms with van der Waals surface area (Å²) in [7, 11) is 0. The second-order valence-corrected chi connectivity index (χ2v) is 9.32. The molecule has 25 heavy (non-hydrogen) atoms. The van der Waals surface area contributed by atoms with E-state index in [2.05, 4.69) is 22.9 Å². The van der Waals surface area contributed by atoms with Gasteiger partial charge in [0, 0.05) is 32.2 Å². The highest BCUT2D eigenvalue weighted by atomic mass is 32.2. The topological polar surface area (TPSA) is 56.7 Å². The van der Waals surface area contributed by atoms with Crippen molar-refractivity contribution in [1.82, 2.24) is 14.8 Å². The van der Waals surface area contributed by atoms with Crippen LogP contribution in [-0.4, -0.2) is 69.4 Å². The number of hydrogen-bond acceptors (Lipinski definition) is 6. The summed E-state index contributed by atoms with van der Waals surface area (Å²) in [6.45, 7) is 8.88. The number of β-amino-alcohol motifs (C(OH)–C–C–N with tert-alkyl or cyclic N) is 1. The second kappa shape index (κ2) is 8.03. The monoisotopic (exact) mass is 379 g/mol. The van der Waals surface area contributed by atoms with Crippen LogP contribution in [0.25, 0.3) is 10.2 Å². The first-order valence-electron chi connectivity index (χ1n) is 8.67. The van der Waals surface area contributed by atoms with Gasteiger partial charge in [-0.1, -0.05) is 23.9 Å². The van der Waals surface area contributed by atoms with E-state index in [-0.39, 0.29) is 23.3 Å². The molecule has 1 aromatic carbocycles. The van der Waals surface area contributed by atoms with Gasteiger partial charge in [0.15, 0.2) is 4.34 Å². The molecule has 1 fully saturated rings. The van der Waals surface area contributed by atoms with Gasteiger partial charge in [-0.3, -0.25) is 9.69 Å². The van der Waals surface area contributed by atoms with Crippen LogP contribution in [0, 0.1) is 0 Å². The van der Waals surface area contributed by atoms with Gasteiger partial charge in [-0.25, -0.2) is 4.98 Å². The Morgan fingerprint density at radius 2 is 2.16 bits per heavy atom. The predicted molar refractivity (Wildman–Crippen MR) is 104 cm³/mol. The zero-order valence-electron chi connectivity index (χ0n) is 14.9. The number of nitrogens with zero attached hydrogens (tertiary/aromatic N) is 3. The van der Waals surface area contributed by atoms with Crippen LogP contribution in [-0.2, 0) is 4.79 Å². The Labute approximate surface area is 157 Å². The third-order valence-corrected chi connectivity index (χ3v) is 6.63. The van der Waals surface area contributed by atoms with Crippen LogP contribution in [0.1, 0.15) is 20.8 Å². The lowest BCUT2D eigenvalue weighted by molar-refractivity contribution is -0.134. The lowest BCUT2D eigenvalue weighted by Crippen LogP contribution is -2.56. The Morgan fingerprint density at radius 3 is 2.84 bits per heavy atom. The van der Waals surface area contributed by atoms with Crippen molar-refractivity contribution in [2.24, 2.45) is 0 Å². The summed E-state index contributed by atoms with van der Waals surface area (Å²) in [5.74, 6) is 0.174. The first-order valence-corrected chi connectivity index (χ1v) is 10.4. The number of aliphatic hydroxyl groups excluding tert-OH is 1. The van der Waals surface area contributed by atoms with Crippen LogP contribution < -0.4 is 0 Å². The number of piperazine rings is 1. The fourth-order valence-corrected chi connectivity index (χ4v) is 5.52. The first-order chi connectivity index (χ1) is 11.9. The number of thioether (sulfide) groups is 1. The number of hydrogen-bond donors (Lipinski definition) is 1. The minimum atomic E-state index is -0.331. The lowest BCUT2D eigenvalue weighted by Gasteiger charge is -2.41. The molecule has 0 bridgehead atoms. The molecular weight excluding hydrogens is 354 g/mol. The number of fused-ring (bicyclic) bond motifs is 1. The quantitative estimate of drug-likeness (QED) is 0.810. The largest absolute Gasteiger partial charge is 0.392 e. The summed E-state index contributed by atoms with van der Waals surface area (Å²) in [6, 6.07) is 8.23. The van der Waals surface area contributed by atoms with Crippen molar-refractivity contribution in [2.75, 3.05) is 26.2 Å². The fraction of sp³-hybridized carbons (Fsp3) is 0.556. The Kier molecular flexibility index (Phi) is 5.99. The third-order valence-electron chi connectivity index (χ3n) is 4.42. The van der Waals surface area contributed by atoms with Crippen molar-refractivity contribution in [1.29, 1.82) is 0 Å². The first kappa shape index (κ1) is 18.6. The maximum atomic E-state index is 12.9. The third kappa shape index (κ3) is 4.53. The van der Waals surface area contributed by atoms with Crippen molar-refractivity contribution in [2.45, 2.75) is 42.5 Å². The predicted octanol–water partition coefficient (Wildman–Crippen LogP) is 2.69. The van der Waals surface area contributed by atoms with Gasteiger partial charge >= 0.3 is 0 Å². The molecule has 2 heterocycles. The maximum Gasteiger partial charge on any atom is 0.236 e. The van der Waals surface area contributed by atoms with Crippen molar-refractivity contribution >= 4 is 39.2 Å². The van der Waals surface area contributed by atoms with Crippen LogP contribution in [0.3, 0.4) is 0 Å². The Morgan fingerprint density at radius 1 is 1.40 bits per heavy atom. The van der Waals surface area contributed by atoms with Gasteiger partial charge in [0.1, 0.15) is 0 Å². The van der Waals surface area contributed by atoms with E-state index in [0.717, 1.165) is 34.2 Å². The molecule has 0 spiro atoms. The molecular formula is C18H25N3O2S2. The maximum absolute atomic E-state index is 12.9. The normalized spacial score (nSPS) is 21.4. The fourth-order valence-electron chi connectivity index (χ4n) is 3.24. The van der Waals surface area contributed by atoms with Crippen LogP contribution in [0.4, 0.5) is 0 Å². The summed E-state index contributed by atoms with van der Waals surface area (Å²) in [5.41, 5.74) is 0.995. The lowest BCUT2D eigenvalue weighted by atomic mass is 10.1. The van der Waals surface area contributed by atoms with Crippen molar-refractivity contribution in [3.05, 3.63) is 24.3 Å². The van der Waals surface area contributed by atoms with Crippen molar-refractivity contribution in [3.63, 3.8) is 0 Å². The molecule has 0 unspecified atom stereocenters. The molecule has 0 saturated carbocycles. The Balaban J connectivity index is 1.60. The van der Waals surface area contributed by atoms with Crippen molar-refractivity contribution in [3.8, 4) is 0 Å². The van der Waals surface area contributed by atoms with E-state index >= 15 is 0 Å². The Hall–Kier alpha value is -1.15. The van der Waals surface area contributed by atoms with Gasteiger partial charge in [-0.05, 0) is 32.9 Å². The van der Waals surface area contributed by atoms with Gasteiger partial charge in [-0.2, -0.15) is 0 Å². The van der Waals surface area contributed by atoms with E-state index in [1.165, 1.54) is 0 Å². The molecule has 2 aromatic rings.